The number of aromatic nitrogens is 2. The molecule has 0 spiro atoms. The van der Waals surface area contributed by atoms with Crippen LogP contribution >= 0.6 is 0 Å². The zero-order valence-electron chi connectivity index (χ0n) is 10.5. The maximum Gasteiger partial charge on any atom is 0.266 e. The van der Waals surface area contributed by atoms with Crippen LogP contribution in [0.4, 0.5) is 10.3 Å². The Labute approximate surface area is 114 Å². The lowest BCUT2D eigenvalue weighted by Crippen LogP contribution is -2.15. The van der Waals surface area contributed by atoms with Gasteiger partial charge in [0.2, 0.25) is 11.9 Å². The van der Waals surface area contributed by atoms with Crippen LogP contribution < -0.4 is 11.1 Å². The van der Waals surface area contributed by atoms with E-state index in [2.05, 4.69) is 15.3 Å². The highest BCUT2D eigenvalue weighted by molar-refractivity contribution is 5.93. The zero-order valence-corrected chi connectivity index (χ0v) is 10.5. The smallest absolute Gasteiger partial charge is 0.266 e. The van der Waals surface area contributed by atoms with Gasteiger partial charge in [0, 0.05) is 6.42 Å². The summed E-state index contributed by atoms with van der Waals surface area (Å²) in [5.41, 5.74) is 5.62. The van der Waals surface area contributed by atoms with E-state index in [1.54, 1.807) is 18.2 Å². The molecule has 1 heterocycles. The van der Waals surface area contributed by atoms with E-state index in [-0.39, 0.29) is 36.2 Å². The fourth-order valence-electron chi connectivity index (χ4n) is 1.65. The van der Waals surface area contributed by atoms with Crippen molar-refractivity contribution in [3.8, 4) is 0 Å². The van der Waals surface area contributed by atoms with Gasteiger partial charge in [-0.3, -0.25) is 14.9 Å². The highest BCUT2D eigenvalue weighted by Gasteiger charge is 2.09. The van der Waals surface area contributed by atoms with Gasteiger partial charge in [0.05, 0.1) is 6.20 Å². The number of halogens is 1. The number of aromatic amines is 1. The zero-order chi connectivity index (χ0) is 14.5. The van der Waals surface area contributed by atoms with Gasteiger partial charge in [0.25, 0.3) is 5.91 Å². The third kappa shape index (κ3) is 3.41. The maximum absolute atomic E-state index is 13.4. The molecule has 2 amide bonds. The number of primary amides is 1. The Kier molecular flexibility index (Phi) is 4.09. The van der Waals surface area contributed by atoms with Crippen LogP contribution in [0.5, 0.6) is 0 Å². The summed E-state index contributed by atoms with van der Waals surface area (Å²) in [4.78, 5) is 28.9. The first-order valence-corrected chi connectivity index (χ1v) is 5.94. The maximum atomic E-state index is 13.4. The Balaban J connectivity index is 1.89. The molecule has 7 heteroatoms. The molecule has 0 aliphatic heterocycles. The summed E-state index contributed by atoms with van der Waals surface area (Å²) in [6.07, 6.45) is 1.62. The molecule has 20 heavy (non-hydrogen) atoms. The highest BCUT2D eigenvalue weighted by atomic mass is 19.1. The van der Waals surface area contributed by atoms with E-state index < -0.39 is 5.91 Å². The van der Waals surface area contributed by atoms with Crippen molar-refractivity contribution < 1.29 is 14.0 Å². The first kappa shape index (κ1) is 13.7. The summed E-state index contributed by atoms with van der Waals surface area (Å²) in [7, 11) is 0. The first-order valence-electron chi connectivity index (χ1n) is 5.94. The summed E-state index contributed by atoms with van der Waals surface area (Å²) < 4.78 is 13.4. The molecule has 0 aliphatic rings. The van der Waals surface area contributed by atoms with Gasteiger partial charge in [-0.1, -0.05) is 18.2 Å². The van der Waals surface area contributed by atoms with Crippen molar-refractivity contribution in [1.82, 2.24) is 9.97 Å². The van der Waals surface area contributed by atoms with Crippen LogP contribution in [0, 0.1) is 5.82 Å². The minimum atomic E-state index is -0.663. The molecule has 4 N–H and O–H groups in total. The van der Waals surface area contributed by atoms with E-state index in [0.717, 1.165) is 0 Å². The first-order chi connectivity index (χ1) is 9.56. The van der Waals surface area contributed by atoms with Crippen LogP contribution in [0.15, 0.2) is 30.5 Å². The standard InChI is InChI=1S/C13H13FN4O2/c14-9-4-2-1-3-8(9)5-6-11(19)18-13-16-7-10(17-13)12(15)20/h1-4,7H,5-6H2,(H2,15,20)(H2,16,17,18,19). The van der Waals surface area contributed by atoms with Crippen LogP contribution in [0.1, 0.15) is 22.5 Å². The van der Waals surface area contributed by atoms with Crippen molar-refractivity contribution >= 4 is 17.8 Å². The number of hydrogen-bond donors (Lipinski definition) is 3. The van der Waals surface area contributed by atoms with E-state index >= 15 is 0 Å². The lowest BCUT2D eigenvalue weighted by molar-refractivity contribution is -0.116. The average Bonchev–Trinajstić information content (AvgIpc) is 2.86. The summed E-state index contributed by atoms with van der Waals surface area (Å²) in [6.45, 7) is 0. The predicted molar refractivity (Wildman–Crippen MR) is 70.5 cm³/mol. The number of carbonyl (C=O) groups excluding carboxylic acids is 2. The number of nitrogens with two attached hydrogens (primary N) is 1. The molecule has 2 rings (SSSR count). The molecule has 0 saturated heterocycles. The van der Waals surface area contributed by atoms with Crippen molar-refractivity contribution in [1.29, 1.82) is 0 Å². The van der Waals surface area contributed by atoms with Crippen molar-refractivity contribution in [2.45, 2.75) is 12.8 Å². The number of hydrogen-bond acceptors (Lipinski definition) is 3. The third-order valence-corrected chi connectivity index (χ3v) is 2.68. The largest absolute Gasteiger partial charge is 0.364 e. The van der Waals surface area contributed by atoms with E-state index in [1.165, 1.54) is 12.3 Å². The van der Waals surface area contributed by atoms with Crippen LogP contribution in [0.2, 0.25) is 0 Å². The predicted octanol–water partition coefficient (Wildman–Crippen LogP) is 1.22. The van der Waals surface area contributed by atoms with Crippen molar-refractivity contribution in [3.05, 3.63) is 47.5 Å². The minimum absolute atomic E-state index is 0.105. The third-order valence-electron chi connectivity index (χ3n) is 2.68. The van der Waals surface area contributed by atoms with Gasteiger partial charge in [-0.25, -0.2) is 9.37 Å². The van der Waals surface area contributed by atoms with Crippen LogP contribution in [-0.4, -0.2) is 21.8 Å². The molecule has 2 aromatic rings. The molecule has 6 nitrogen and oxygen atoms in total. The number of aryl methyl sites for hydroxylation is 1. The Morgan fingerprint density at radius 1 is 1.35 bits per heavy atom. The second-order valence-corrected chi connectivity index (χ2v) is 4.15. The lowest BCUT2D eigenvalue weighted by Gasteiger charge is -2.03. The number of benzene rings is 1. The number of nitrogens with zero attached hydrogens (tertiary/aromatic N) is 1. The van der Waals surface area contributed by atoms with Gasteiger partial charge in [-0.2, -0.15) is 0 Å². The van der Waals surface area contributed by atoms with Gasteiger partial charge in [0.1, 0.15) is 11.5 Å². The van der Waals surface area contributed by atoms with Crippen LogP contribution in [0.3, 0.4) is 0 Å². The fourth-order valence-corrected chi connectivity index (χ4v) is 1.65. The SMILES string of the molecule is NC(=O)c1cnc(NC(=O)CCc2ccccc2F)[nH]1. The molecule has 1 aromatic heterocycles. The Hall–Kier alpha value is -2.70. The minimum Gasteiger partial charge on any atom is -0.364 e. The normalized spacial score (nSPS) is 10.2. The fraction of sp³-hybridized carbons (Fsp3) is 0.154. The van der Waals surface area contributed by atoms with Crippen molar-refractivity contribution in [2.24, 2.45) is 5.73 Å². The van der Waals surface area contributed by atoms with E-state index in [0.29, 0.717) is 5.56 Å². The number of nitrogens with one attached hydrogen (secondary N) is 2. The molecule has 0 atom stereocenters. The second kappa shape index (κ2) is 5.96. The van der Waals surface area contributed by atoms with Crippen molar-refractivity contribution in [3.63, 3.8) is 0 Å². The highest BCUT2D eigenvalue weighted by Crippen LogP contribution is 2.09. The molecular weight excluding hydrogens is 263 g/mol. The Morgan fingerprint density at radius 3 is 2.75 bits per heavy atom. The molecule has 0 unspecified atom stereocenters. The van der Waals surface area contributed by atoms with Gasteiger partial charge in [-0.05, 0) is 18.1 Å². The van der Waals surface area contributed by atoms with Gasteiger partial charge < -0.3 is 10.7 Å². The molecule has 0 bridgehead atoms. The van der Waals surface area contributed by atoms with Gasteiger partial charge in [-0.15, -0.1) is 0 Å². The molecule has 0 aliphatic carbocycles. The molecule has 0 radical (unpaired) electrons. The summed E-state index contributed by atoms with van der Waals surface area (Å²) in [5, 5.41) is 2.47. The van der Waals surface area contributed by atoms with E-state index in [1.807, 2.05) is 0 Å². The summed E-state index contributed by atoms with van der Waals surface area (Å²) in [6, 6.07) is 6.27. The topological polar surface area (TPSA) is 101 Å². The summed E-state index contributed by atoms with van der Waals surface area (Å²) in [5.74, 6) is -1.20. The number of carbonyl (C=O) groups is 2. The lowest BCUT2D eigenvalue weighted by atomic mass is 10.1. The number of amides is 2. The Bertz CT molecular complexity index is 639. The monoisotopic (exact) mass is 276 g/mol. The quantitative estimate of drug-likeness (QED) is 0.765. The molecule has 0 saturated carbocycles. The molecular formula is C13H13FN4O2. The van der Waals surface area contributed by atoms with Crippen LogP contribution in [0.25, 0.3) is 0 Å². The molecule has 0 fully saturated rings. The van der Waals surface area contributed by atoms with Gasteiger partial charge in [0.15, 0.2) is 0 Å². The van der Waals surface area contributed by atoms with E-state index in [9.17, 15) is 14.0 Å². The molecule has 1 aromatic carbocycles. The summed E-state index contributed by atoms with van der Waals surface area (Å²) >= 11 is 0. The van der Waals surface area contributed by atoms with Crippen molar-refractivity contribution in [2.75, 3.05) is 5.32 Å². The number of H-pyrrole nitrogens is 1. The Morgan fingerprint density at radius 2 is 2.10 bits per heavy atom. The van der Waals surface area contributed by atoms with E-state index in [4.69, 9.17) is 5.73 Å². The number of rotatable bonds is 5. The molecule has 104 valence electrons. The average molecular weight is 276 g/mol. The van der Waals surface area contributed by atoms with Gasteiger partial charge >= 0.3 is 0 Å². The van der Waals surface area contributed by atoms with Crippen LogP contribution in [-0.2, 0) is 11.2 Å². The number of imidazole rings is 1. The number of anilines is 1. The second-order valence-electron chi connectivity index (χ2n) is 4.15.